The predicted octanol–water partition coefficient (Wildman–Crippen LogP) is 1.74. The maximum atomic E-state index is 13.5. The molecule has 0 atom stereocenters. The molecule has 0 unspecified atom stereocenters. The Morgan fingerprint density at radius 1 is 1.12 bits per heavy atom. The van der Waals surface area contributed by atoms with Gasteiger partial charge in [0.25, 0.3) is 0 Å². The van der Waals surface area contributed by atoms with Crippen LogP contribution in [0.1, 0.15) is 0 Å². The van der Waals surface area contributed by atoms with Crippen LogP contribution in [-0.4, -0.2) is 69.8 Å². The second kappa shape index (κ2) is 7.18. The minimum atomic E-state index is -0.252. The number of hydrogen-bond acceptors (Lipinski definition) is 6. The van der Waals surface area contributed by atoms with Crippen LogP contribution in [0, 0.1) is 5.82 Å². The third kappa shape index (κ3) is 3.46. The summed E-state index contributed by atoms with van der Waals surface area (Å²) in [4.78, 5) is 4.81. The lowest BCUT2D eigenvalue weighted by Crippen LogP contribution is -2.42. The number of thioether (sulfide) groups is 1. The molecule has 2 aliphatic heterocycles. The first-order chi connectivity index (χ1) is 11.8. The van der Waals surface area contributed by atoms with E-state index in [-0.39, 0.29) is 5.82 Å². The number of benzene rings is 1. The van der Waals surface area contributed by atoms with E-state index < -0.39 is 0 Å². The lowest BCUT2D eigenvalue weighted by molar-refractivity contribution is 0.0325. The van der Waals surface area contributed by atoms with Crippen molar-refractivity contribution in [1.82, 2.24) is 24.6 Å². The Hall–Kier alpha value is -1.48. The molecule has 1 fully saturated rings. The molecule has 2 aliphatic rings. The van der Waals surface area contributed by atoms with E-state index in [0.717, 1.165) is 68.5 Å². The van der Waals surface area contributed by atoms with Crippen molar-refractivity contribution in [1.29, 1.82) is 0 Å². The van der Waals surface area contributed by atoms with Crippen LogP contribution in [0.25, 0.3) is 11.4 Å². The molecule has 3 heterocycles. The van der Waals surface area contributed by atoms with E-state index in [1.165, 1.54) is 12.1 Å². The molecule has 4 rings (SSSR count). The lowest BCUT2D eigenvalue weighted by atomic mass is 10.2. The molecule has 6 nitrogen and oxygen atoms in total. The van der Waals surface area contributed by atoms with E-state index >= 15 is 0 Å². The topological polar surface area (TPSA) is 46.4 Å². The zero-order chi connectivity index (χ0) is 16.4. The van der Waals surface area contributed by atoms with Gasteiger partial charge in [-0.05, 0) is 12.1 Å². The van der Waals surface area contributed by atoms with Gasteiger partial charge in [-0.1, -0.05) is 23.9 Å². The molecule has 24 heavy (non-hydrogen) atoms. The highest BCUT2D eigenvalue weighted by Gasteiger charge is 2.23. The Kier molecular flexibility index (Phi) is 4.79. The van der Waals surface area contributed by atoms with Crippen molar-refractivity contribution < 1.29 is 9.13 Å². The van der Waals surface area contributed by atoms with E-state index in [2.05, 4.69) is 24.6 Å². The monoisotopic (exact) mass is 349 g/mol. The number of rotatable bonds is 4. The molecule has 1 aromatic carbocycles. The third-order valence-corrected chi connectivity index (χ3v) is 5.41. The Morgan fingerprint density at radius 2 is 1.96 bits per heavy atom. The van der Waals surface area contributed by atoms with Crippen LogP contribution in [0.3, 0.4) is 0 Å². The minimum Gasteiger partial charge on any atom is -0.379 e. The molecule has 0 spiro atoms. The smallest absolute Gasteiger partial charge is 0.193 e. The highest BCUT2D eigenvalue weighted by Crippen LogP contribution is 2.28. The van der Waals surface area contributed by atoms with Crippen molar-refractivity contribution in [2.45, 2.75) is 11.8 Å². The Morgan fingerprint density at radius 3 is 2.79 bits per heavy atom. The van der Waals surface area contributed by atoms with Gasteiger partial charge in [0.05, 0.1) is 25.8 Å². The van der Waals surface area contributed by atoms with Gasteiger partial charge in [0.15, 0.2) is 11.0 Å². The number of halogens is 1. The first kappa shape index (κ1) is 16.0. The molecule has 0 radical (unpaired) electrons. The van der Waals surface area contributed by atoms with Crippen molar-refractivity contribution in [2.24, 2.45) is 0 Å². The molecule has 0 amide bonds. The fourth-order valence-corrected chi connectivity index (χ4v) is 3.90. The molecule has 0 saturated carbocycles. The number of fused-ring (bicyclic) bond motifs is 1. The van der Waals surface area contributed by atoms with Crippen molar-refractivity contribution in [2.75, 3.05) is 45.3 Å². The summed E-state index contributed by atoms with van der Waals surface area (Å²) in [6, 6.07) is 6.53. The normalized spacial score (nSPS) is 19.4. The number of nitrogens with zero attached hydrogens (tertiary/aromatic N) is 5. The second-order valence-electron chi connectivity index (χ2n) is 6.01. The maximum absolute atomic E-state index is 13.5. The summed E-state index contributed by atoms with van der Waals surface area (Å²) in [5, 5.41) is 9.41. The molecule has 128 valence electrons. The fourth-order valence-electron chi connectivity index (χ4n) is 3.00. The van der Waals surface area contributed by atoms with Crippen molar-refractivity contribution in [3.8, 4) is 11.4 Å². The molecular formula is C16H20FN5OS. The van der Waals surface area contributed by atoms with Crippen molar-refractivity contribution in [3.05, 3.63) is 30.1 Å². The zero-order valence-corrected chi connectivity index (χ0v) is 14.2. The van der Waals surface area contributed by atoms with E-state index in [4.69, 9.17) is 4.74 Å². The number of hydrogen-bond donors (Lipinski definition) is 0. The largest absolute Gasteiger partial charge is 0.379 e. The summed E-state index contributed by atoms with van der Waals surface area (Å²) in [5.41, 5.74) is 0.768. The van der Waals surface area contributed by atoms with Gasteiger partial charge in [-0.15, -0.1) is 10.2 Å². The molecule has 1 aromatic heterocycles. The number of ether oxygens (including phenoxy) is 1. The van der Waals surface area contributed by atoms with E-state index in [1.807, 2.05) is 6.07 Å². The van der Waals surface area contributed by atoms with Gasteiger partial charge in [-0.2, -0.15) is 0 Å². The van der Waals surface area contributed by atoms with Gasteiger partial charge < -0.3 is 4.74 Å². The average molecular weight is 349 g/mol. The van der Waals surface area contributed by atoms with E-state index in [0.29, 0.717) is 0 Å². The van der Waals surface area contributed by atoms with Gasteiger partial charge >= 0.3 is 0 Å². The fraction of sp³-hybridized carbons (Fsp3) is 0.500. The predicted molar refractivity (Wildman–Crippen MR) is 90.1 cm³/mol. The standard InChI is InChI=1S/C16H20FN5OS/c17-14-3-1-2-13(10-14)15-18-19-16-22(15)11-21(12-24-16)5-4-20-6-8-23-9-7-20/h1-3,10H,4-9,11-12H2. The van der Waals surface area contributed by atoms with Crippen molar-refractivity contribution >= 4 is 11.8 Å². The van der Waals surface area contributed by atoms with Gasteiger partial charge in [-0.3, -0.25) is 14.4 Å². The quantitative estimate of drug-likeness (QED) is 0.838. The van der Waals surface area contributed by atoms with Crippen LogP contribution >= 0.6 is 11.8 Å². The van der Waals surface area contributed by atoms with E-state index in [1.54, 1.807) is 17.8 Å². The maximum Gasteiger partial charge on any atom is 0.193 e. The van der Waals surface area contributed by atoms with Crippen LogP contribution in [-0.2, 0) is 11.4 Å². The van der Waals surface area contributed by atoms with Crippen LogP contribution in [0.15, 0.2) is 29.4 Å². The highest BCUT2D eigenvalue weighted by molar-refractivity contribution is 7.99. The van der Waals surface area contributed by atoms with Crippen LogP contribution < -0.4 is 0 Å². The second-order valence-corrected chi connectivity index (χ2v) is 6.92. The highest BCUT2D eigenvalue weighted by atomic mass is 32.2. The average Bonchev–Trinajstić information content (AvgIpc) is 3.04. The molecular weight excluding hydrogens is 329 g/mol. The summed E-state index contributed by atoms with van der Waals surface area (Å²) >= 11 is 1.68. The SMILES string of the molecule is Fc1cccc(-c2nnc3n2CN(CCN2CCOCC2)CS3)c1. The van der Waals surface area contributed by atoms with Crippen LogP contribution in [0.2, 0.25) is 0 Å². The number of aromatic nitrogens is 3. The lowest BCUT2D eigenvalue weighted by Gasteiger charge is -2.32. The molecule has 0 N–H and O–H groups in total. The summed E-state index contributed by atoms with van der Waals surface area (Å²) in [6.07, 6.45) is 0. The summed E-state index contributed by atoms with van der Waals surface area (Å²) < 4.78 is 21.0. The van der Waals surface area contributed by atoms with Crippen LogP contribution in [0.5, 0.6) is 0 Å². The number of morpholine rings is 1. The molecule has 1 saturated heterocycles. The molecule has 2 aromatic rings. The Labute approximate surface area is 144 Å². The molecule has 8 heteroatoms. The van der Waals surface area contributed by atoms with Gasteiger partial charge in [0.1, 0.15) is 5.82 Å². The molecule has 0 aliphatic carbocycles. The third-order valence-electron chi connectivity index (χ3n) is 4.35. The summed E-state index contributed by atoms with van der Waals surface area (Å²) in [5.74, 6) is 1.39. The van der Waals surface area contributed by atoms with Crippen molar-refractivity contribution in [3.63, 3.8) is 0 Å². The summed E-state index contributed by atoms with van der Waals surface area (Å²) in [6.45, 7) is 6.44. The Balaban J connectivity index is 1.45. The van der Waals surface area contributed by atoms with Gasteiger partial charge in [0.2, 0.25) is 0 Å². The zero-order valence-electron chi connectivity index (χ0n) is 13.4. The van der Waals surface area contributed by atoms with Crippen LogP contribution in [0.4, 0.5) is 4.39 Å². The van der Waals surface area contributed by atoms with Gasteiger partial charge in [0, 0.05) is 31.7 Å². The molecule has 0 bridgehead atoms. The summed E-state index contributed by atoms with van der Waals surface area (Å²) in [7, 11) is 0. The van der Waals surface area contributed by atoms with E-state index in [9.17, 15) is 4.39 Å². The Bertz CT molecular complexity index is 704. The first-order valence-electron chi connectivity index (χ1n) is 8.14. The first-order valence-corrected chi connectivity index (χ1v) is 9.12. The minimum absolute atomic E-state index is 0.252. The van der Waals surface area contributed by atoms with Gasteiger partial charge in [-0.25, -0.2) is 4.39 Å².